The predicted octanol–water partition coefficient (Wildman–Crippen LogP) is 13.3. The van der Waals surface area contributed by atoms with Crippen LogP contribution in [0.15, 0.2) is 199 Å². The molecule has 3 heterocycles. The lowest BCUT2D eigenvalue weighted by Crippen LogP contribution is -2.21. The molecule has 0 bridgehead atoms. The predicted molar refractivity (Wildman–Crippen MR) is 224 cm³/mol. The van der Waals surface area contributed by atoms with E-state index in [1.807, 2.05) is 6.07 Å². The molecule has 1 aliphatic rings. The molecule has 0 spiro atoms. The number of rotatable bonds is 5. The van der Waals surface area contributed by atoms with Crippen molar-refractivity contribution in [3.63, 3.8) is 0 Å². The van der Waals surface area contributed by atoms with Gasteiger partial charge in [-0.15, -0.1) is 0 Å². The van der Waals surface area contributed by atoms with Gasteiger partial charge in [-0.1, -0.05) is 121 Å². The Bertz CT molecular complexity index is 2970. The van der Waals surface area contributed by atoms with E-state index in [0.29, 0.717) is 0 Å². The molecule has 5 heteroatoms. The summed E-state index contributed by atoms with van der Waals surface area (Å²) < 4.78 is 13.8. The summed E-state index contributed by atoms with van der Waals surface area (Å²) in [6, 6.07) is 69.9. The van der Waals surface area contributed by atoms with E-state index in [2.05, 4.69) is 202 Å². The van der Waals surface area contributed by atoms with Gasteiger partial charge in [-0.3, -0.25) is 9.34 Å². The molecule has 11 rings (SSSR count). The summed E-state index contributed by atoms with van der Waals surface area (Å²) in [4.78, 5) is 0. The summed E-state index contributed by atoms with van der Waals surface area (Å²) in [5.74, 6) is 0. The molecule has 1 unspecified atom stereocenters. The van der Waals surface area contributed by atoms with E-state index in [9.17, 15) is 0 Å². The van der Waals surface area contributed by atoms with Crippen LogP contribution in [0.4, 0.5) is 22.7 Å². The van der Waals surface area contributed by atoms with Crippen LogP contribution in [0.2, 0.25) is 0 Å². The van der Waals surface area contributed by atoms with Crippen LogP contribution < -0.4 is 14.6 Å². The van der Waals surface area contributed by atoms with Gasteiger partial charge in [0.2, 0.25) is 0 Å². The third kappa shape index (κ3) is 4.66. The molecule has 8 aromatic carbocycles. The molecule has 0 aliphatic carbocycles. The number of hydrogen-bond donors (Lipinski definition) is 0. The maximum Gasteiger partial charge on any atom is 0.138 e. The van der Waals surface area contributed by atoms with Crippen LogP contribution >= 0.6 is 8.22 Å². The molecule has 1 aliphatic heterocycles. The third-order valence-corrected chi connectivity index (χ3v) is 12.8. The molecule has 10 aromatic rings. The van der Waals surface area contributed by atoms with Gasteiger partial charge in [0.1, 0.15) is 19.4 Å². The second kappa shape index (κ2) is 12.0. The average molecular weight is 698 g/mol. The maximum atomic E-state index is 6.33. The minimum absolute atomic E-state index is 0.913. The number of anilines is 4. The standard InChI is InChI=1S/C48H32N3OP/c1-4-16-35(17-5-1)50-42-28-27-34(32-44(42)51(36-18-6-2-7-19-36)53(50)38-21-8-3-9-22-38)33-15-14-20-37(31-33)49-41-25-12-10-23-39(41)47-43(49)29-30-46-48(47)40-24-11-13-26-45(40)52-46/h1-32H. The van der Waals surface area contributed by atoms with Gasteiger partial charge in [0.15, 0.2) is 0 Å². The Morgan fingerprint density at radius 1 is 0.377 bits per heavy atom. The average Bonchev–Trinajstić information content (AvgIpc) is 3.89. The van der Waals surface area contributed by atoms with Crippen LogP contribution in [0.3, 0.4) is 0 Å². The van der Waals surface area contributed by atoms with E-state index in [-0.39, 0.29) is 0 Å². The van der Waals surface area contributed by atoms with Gasteiger partial charge < -0.3 is 8.98 Å². The van der Waals surface area contributed by atoms with Crippen molar-refractivity contribution in [3.8, 4) is 16.8 Å². The second-order valence-corrected chi connectivity index (χ2v) is 15.4. The molecular weight excluding hydrogens is 666 g/mol. The molecule has 2 aromatic heterocycles. The fourth-order valence-electron chi connectivity index (χ4n) is 8.15. The first-order chi connectivity index (χ1) is 26.3. The lowest BCUT2D eigenvalue weighted by molar-refractivity contribution is 0.669. The zero-order valence-corrected chi connectivity index (χ0v) is 29.6. The van der Waals surface area contributed by atoms with Gasteiger partial charge in [-0.2, -0.15) is 0 Å². The summed E-state index contributed by atoms with van der Waals surface area (Å²) in [5.41, 5.74) is 12.4. The molecule has 0 saturated carbocycles. The number of aromatic nitrogens is 1. The van der Waals surface area contributed by atoms with Crippen LogP contribution in [0.25, 0.3) is 60.6 Å². The van der Waals surface area contributed by atoms with E-state index in [0.717, 1.165) is 22.2 Å². The van der Waals surface area contributed by atoms with Crippen molar-refractivity contribution in [1.82, 2.24) is 4.57 Å². The fraction of sp³-hybridized carbons (Fsp3) is 0. The van der Waals surface area contributed by atoms with E-state index in [1.165, 1.54) is 66.4 Å². The van der Waals surface area contributed by atoms with E-state index in [1.54, 1.807) is 0 Å². The van der Waals surface area contributed by atoms with Crippen molar-refractivity contribution in [2.75, 3.05) is 9.34 Å². The van der Waals surface area contributed by atoms with Crippen LogP contribution in [0.5, 0.6) is 0 Å². The molecule has 250 valence electrons. The Labute approximate surface area is 308 Å². The molecule has 4 nitrogen and oxygen atoms in total. The highest BCUT2D eigenvalue weighted by Gasteiger charge is 2.39. The molecule has 0 N–H and O–H groups in total. The van der Waals surface area contributed by atoms with Crippen molar-refractivity contribution < 1.29 is 4.42 Å². The van der Waals surface area contributed by atoms with Crippen LogP contribution in [0.1, 0.15) is 0 Å². The van der Waals surface area contributed by atoms with Gasteiger partial charge in [-0.05, 0) is 83.9 Å². The minimum Gasteiger partial charge on any atom is -0.456 e. The fourth-order valence-corrected chi connectivity index (χ4v) is 10.7. The third-order valence-electron chi connectivity index (χ3n) is 10.4. The Morgan fingerprint density at radius 2 is 1.00 bits per heavy atom. The quantitative estimate of drug-likeness (QED) is 0.167. The van der Waals surface area contributed by atoms with Gasteiger partial charge in [0.25, 0.3) is 0 Å². The molecule has 53 heavy (non-hydrogen) atoms. The number of benzene rings is 8. The first-order valence-corrected chi connectivity index (χ1v) is 19.2. The molecule has 0 saturated heterocycles. The molecule has 0 fully saturated rings. The molecular formula is C48H32N3OP. The van der Waals surface area contributed by atoms with Gasteiger partial charge in [0.05, 0.1) is 22.4 Å². The maximum absolute atomic E-state index is 6.33. The molecule has 0 radical (unpaired) electrons. The van der Waals surface area contributed by atoms with Crippen LogP contribution in [0, 0.1) is 0 Å². The van der Waals surface area contributed by atoms with Crippen molar-refractivity contribution in [3.05, 3.63) is 194 Å². The lowest BCUT2D eigenvalue weighted by Gasteiger charge is -2.32. The topological polar surface area (TPSA) is 24.6 Å². The van der Waals surface area contributed by atoms with Crippen molar-refractivity contribution in [2.24, 2.45) is 0 Å². The van der Waals surface area contributed by atoms with Crippen LogP contribution in [-0.4, -0.2) is 4.57 Å². The second-order valence-electron chi connectivity index (χ2n) is 13.5. The van der Waals surface area contributed by atoms with Crippen molar-refractivity contribution >= 4 is 80.0 Å². The lowest BCUT2D eigenvalue weighted by atomic mass is 10.0. The summed E-state index contributed by atoms with van der Waals surface area (Å²) in [6.07, 6.45) is 0. The number of fused-ring (bicyclic) bond motifs is 8. The Kier molecular flexibility index (Phi) is 6.80. The number of hydrogen-bond acceptors (Lipinski definition) is 3. The van der Waals surface area contributed by atoms with Crippen molar-refractivity contribution in [2.45, 2.75) is 0 Å². The summed E-state index contributed by atoms with van der Waals surface area (Å²) >= 11 is 0. The van der Waals surface area contributed by atoms with E-state index < -0.39 is 8.22 Å². The Morgan fingerprint density at radius 3 is 1.77 bits per heavy atom. The Balaban J connectivity index is 1.11. The normalized spacial score (nSPS) is 14.2. The van der Waals surface area contributed by atoms with E-state index in [4.69, 9.17) is 4.42 Å². The SMILES string of the molecule is c1ccc(N2c3ccc(-c4cccc(-n5c6ccccc6c6c7c(ccc65)oc5ccccc57)c4)cc3N(c3ccccc3)P2c2ccccc2)cc1. The van der Waals surface area contributed by atoms with Gasteiger partial charge >= 0.3 is 0 Å². The number of furan rings is 1. The smallest absolute Gasteiger partial charge is 0.138 e. The number of nitrogens with zero attached hydrogens (tertiary/aromatic N) is 3. The largest absolute Gasteiger partial charge is 0.456 e. The number of para-hydroxylation sites is 4. The summed E-state index contributed by atoms with van der Waals surface area (Å²) in [5, 5.41) is 6.05. The highest BCUT2D eigenvalue weighted by Crippen LogP contribution is 2.65. The molecule has 1 atom stereocenters. The first kappa shape index (κ1) is 30.1. The first-order valence-electron chi connectivity index (χ1n) is 18.0. The van der Waals surface area contributed by atoms with Crippen LogP contribution in [-0.2, 0) is 0 Å². The zero-order chi connectivity index (χ0) is 34.9. The highest BCUT2D eigenvalue weighted by atomic mass is 31.1. The van der Waals surface area contributed by atoms with Gasteiger partial charge in [-0.25, -0.2) is 0 Å². The highest BCUT2D eigenvalue weighted by molar-refractivity contribution is 7.70. The monoisotopic (exact) mass is 697 g/mol. The zero-order valence-electron chi connectivity index (χ0n) is 28.7. The summed E-state index contributed by atoms with van der Waals surface area (Å²) in [7, 11) is -0.972. The van der Waals surface area contributed by atoms with E-state index >= 15 is 0 Å². The molecule has 0 amide bonds. The minimum atomic E-state index is -0.972. The summed E-state index contributed by atoms with van der Waals surface area (Å²) in [6.45, 7) is 0. The van der Waals surface area contributed by atoms with Gasteiger partial charge in [0, 0.05) is 43.9 Å². The Hall–Kier alpha value is -6.61. The van der Waals surface area contributed by atoms with Crippen molar-refractivity contribution in [1.29, 1.82) is 0 Å².